The maximum Gasteiger partial charge on any atom is 0.421 e. The van der Waals surface area contributed by atoms with E-state index in [-0.39, 0.29) is 29.7 Å². The number of carbonyl (C=O) groups excluding carboxylic acids is 1. The van der Waals surface area contributed by atoms with Crippen molar-refractivity contribution in [3.63, 3.8) is 0 Å². The van der Waals surface area contributed by atoms with E-state index in [2.05, 4.69) is 20.6 Å². The summed E-state index contributed by atoms with van der Waals surface area (Å²) in [7, 11) is -2.19. The van der Waals surface area contributed by atoms with Crippen LogP contribution in [-0.4, -0.2) is 37.6 Å². The monoisotopic (exact) mass is 491 g/mol. The highest BCUT2D eigenvalue weighted by atomic mass is 32.2. The lowest BCUT2D eigenvalue weighted by Gasteiger charge is -2.23. The SMILES string of the molecule is CN(Cc1ccccc1S(C)(=O)=O)c1nc(Nc2ccc3c(c2)NC(=O)C3)ncc1C(F)(F)F. The molecule has 4 rings (SSSR count). The number of carbonyl (C=O) groups is 1. The lowest BCUT2D eigenvalue weighted by atomic mass is 10.1. The van der Waals surface area contributed by atoms with E-state index < -0.39 is 27.4 Å². The molecule has 2 N–H and O–H groups in total. The fraction of sp³-hybridized carbons (Fsp3) is 0.227. The van der Waals surface area contributed by atoms with Crippen molar-refractivity contribution in [2.24, 2.45) is 0 Å². The highest BCUT2D eigenvalue weighted by molar-refractivity contribution is 7.90. The molecule has 12 heteroatoms. The number of nitrogens with one attached hydrogen (secondary N) is 2. The number of amides is 1. The lowest BCUT2D eigenvalue weighted by molar-refractivity contribution is -0.137. The molecular formula is C22H20F3N5O3S. The Hall–Kier alpha value is -3.67. The predicted octanol–water partition coefficient (Wildman–Crippen LogP) is 3.77. The van der Waals surface area contributed by atoms with Crippen LogP contribution in [-0.2, 0) is 33.8 Å². The van der Waals surface area contributed by atoms with Gasteiger partial charge in [0.15, 0.2) is 9.84 Å². The van der Waals surface area contributed by atoms with Crippen molar-refractivity contribution in [2.45, 2.75) is 24.0 Å². The van der Waals surface area contributed by atoms with Gasteiger partial charge in [-0.15, -0.1) is 0 Å². The molecule has 2 heterocycles. The third kappa shape index (κ3) is 4.96. The molecule has 0 unspecified atom stereocenters. The van der Waals surface area contributed by atoms with E-state index in [0.717, 1.165) is 11.8 Å². The Labute approximate surface area is 193 Å². The quantitative estimate of drug-likeness (QED) is 0.541. The van der Waals surface area contributed by atoms with Gasteiger partial charge in [0.2, 0.25) is 11.9 Å². The summed E-state index contributed by atoms with van der Waals surface area (Å²) in [6.07, 6.45) is -2.75. The molecular weight excluding hydrogens is 471 g/mol. The van der Waals surface area contributed by atoms with Gasteiger partial charge >= 0.3 is 6.18 Å². The third-order valence-corrected chi connectivity index (χ3v) is 6.40. The molecule has 0 saturated carbocycles. The lowest BCUT2D eigenvalue weighted by Crippen LogP contribution is -2.24. The molecule has 1 aromatic heterocycles. The molecule has 8 nitrogen and oxygen atoms in total. The van der Waals surface area contributed by atoms with Gasteiger partial charge in [-0.1, -0.05) is 24.3 Å². The molecule has 0 fully saturated rings. The van der Waals surface area contributed by atoms with Crippen LogP contribution in [0.25, 0.3) is 0 Å². The fourth-order valence-corrected chi connectivity index (χ4v) is 4.61. The molecule has 178 valence electrons. The third-order valence-electron chi connectivity index (χ3n) is 5.21. The second-order valence-electron chi connectivity index (χ2n) is 7.89. The number of hydrogen-bond donors (Lipinski definition) is 2. The molecule has 0 radical (unpaired) electrons. The largest absolute Gasteiger partial charge is 0.421 e. The summed E-state index contributed by atoms with van der Waals surface area (Å²) >= 11 is 0. The second kappa shape index (κ2) is 8.60. The first-order valence-electron chi connectivity index (χ1n) is 10.0. The van der Waals surface area contributed by atoms with Gasteiger partial charge < -0.3 is 15.5 Å². The van der Waals surface area contributed by atoms with E-state index in [4.69, 9.17) is 0 Å². The Balaban J connectivity index is 1.67. The highest BCUT2D eigenvalue weighted by Gasteiger charge is 2.36. The van der Waals surface area contributed by atoms with E-state index in [1.807, 2.05) is 0 Å². The highest BCUT2D eigenvalue weighted by Crippen LogP contribution is 2.36. The van der Waals surface area contributed by atoms with Crippen LogP contribution in [0.4, 0.5) is 36.3 Å². The van der Waals surface area contributed by atoms with E-state index in [1.165, 1.54) is 18.0 Å². The molecule has 1 aliphatic rings. The Bertz CT molecular complexity index is 1380. The average Bonchev–Trinajstić information content (AvgIpc) is 3.12. The van der Waals surface area contributed by atoms with Crippen molar-refractivity contribution >= 4 is 38.9 Å². The van der Waals surface area contributed by atoms with Crippen LogP contribution < -0.4 is 15.5 Å². The number of rotatable bonds is 6. The zero-order valence-corrected chi connectivity index (χ0v) is 19.0. The minimum absolute atomic E-state index is 0.0306. The van der Waals surface area contributed by atoms with Crippen molar-refractivity contribution in [3.8, 4) is 0 Å². The van der Waals surface area contributed by atoms with E-state index in [0.29, 0.717) is 23.1 Å². The maximum atomic E-state index is 13.7. The van der Waals surface area contributed by atoms with Crippen LogP contribution >= 0.6 is 0 Å². The first-order valence-corrected chi connectivity index (χ1v) is 11.9. The van der Waals surface area contributed by atoms with Crippen LogP contribution in [0.5, 0.6) is 0 Å². The molecule has 2 aromatic carbocycles. The normalized spacial score (nSPS) is 13.4. The summed E-state index contributed by atoms with van der Waals surface area (Å²) in [4.78, 5) is 20.7. The number of nitrogens with zero attached hydrogens (tertiary/aromatic N) is 3. The fourth-order valence-electron chi connectivity index (χ4n) is 3.67. The summed E-state index contributed by atoms with van der Waals surface area (Å²) in [5.41, 5.74) is 1.18. The van der Waals surface area contributed by atoms with Gasteiger partial charge in [-0.2, -0.15) is 18.2 Å². The Morgan fingerprint density at radius 3 is 2.62 bits per heavy atom. The van der Waals surface area contributed by atoms with E-state index in [1.54, 1.807) is 36.4 Å². The van der Waals surface area contributed by atoms with Crippen LogP contribution in [0.3, 0.4) is 0 Å². The summed E-state index contributed by atoms with van der Waals surface area (Å²) in [6.45, 7) is -0.131. The number of sulfone groups is 1. The second-order valence-corrected chi connectivity index (χ2v) is 9.87. The standard InChI is InChI=1S/C22H20F3N5O3S/c1-30(12-14-5-3-4-6-18(14)34(2,32)33)20-16(22(23,24)25)11-26-21(29-20)27-15-8-7-13-9-19(31)28-17(13)10-15/h3-8,10-11H,9,12H2,1-2H3,(H,28,31)(H,26,27,29). The number of aromatic nitrogens is 2. The predicted molar refractivity (Wildman–Crippen MR) is 121 cm³/mol. The smallest absolute Gasteiger partial charge is 0.355 e. The molecule has 0 aliphatic carbocycles. The van der Waals surface area contributed by atoms with E-state index in [9.17, 15) is 26.4 Å². The molecule has 1 aliphatic heterocycles. The van der Waals surface area contributed by atoms with Gasteiger partial charge in [-0.3, -0.25) is 4.79 Å². The number of anilines is 4. The average molecular weight is 491 g/mol. The number of benzene rings is 2. The van der Waals surface area contributed by atoms with Crippen molar-refractivity contribution in [2.75, 3.05) is 28.8 Å². The van der Waals surface area contributed by atoms with Crippen LogP contribution in [0.2, 0.25) is 0 Å². The first-order chi connectivity index (χ1) is 15.9. The van der Waals surface area contributed by atoms with Crippen molar-refractivity contribution < 1.29 is 26.4 Å². The Kier molecular flexibility index (Phi) is 5.94. The molecule has 0 bridgehead atoms. The van der Waals surface area contributed by atoms with Gasteiger partial charge in [0, 0.05) is 37.4 Å². The summed E-state index contributed by atoms with van der Waals surface area (Å²) in [5.74, 6) is -0.644. The first kappa shape index (κ1) is 23.5. The van der Waals surface area contributed by atoms with Crippen molar-refractivity contribution in [1.29, 1.82) is 0 Å². The Morgan fingerprint density at radius 1 is 1.18 bits per heavy atom. The minimum Gasteiger partial charge on any atom is -0.355 e. The maximum absolute atomic E-state index is 13.7. The zero-order valence-electron chi connectivity index (χ0n) is 18.1. The van der Waals surface area contributed by atoms with Gasteiger partial charge in [-0.05, 0) is 29.3 Å². The Morgan fingerprint density at radius 2 is 1.91 bits per heavy atom. The van der Waals surface area contributed by atoms with Gasteiger partial charge in [-0.25, -0.2) is 13.4 Å². The molecule has 3 aromatic rings. The molecule has 0 saturated heterocycles. The van der Waals surface area contributed by atoms with Crippen molar-refractivity contribution in [1.82, 2.24) is 9.97 Å². The number of alkyl halides is 3. The topological polar surface area (TPSA) is 104 Å². The number of halogens is 3. The summed E-state index contributed by atoms with van der Waals surface area (Å²) in [6, 6.07) is 11.2. The van der Waals surface area contributed by atoms with Crippen LogP contribution in [0, 0.1) is 0 Å². The molecule has 1 amide bonds. The van der Waals surface area contributed by atoms with Gasteiger partial charge in [0.05, 0.1) is 11.3 Å². The molecule has 34 heavy (non-hydrogen) atoms. The molecule has 0 atom stereocenters. The van der Waals surface area contributed by atoms with Crippen LogP contribution in [0.1, 0.15) is 16.7 Å². The minimum atomic E-state index is -4.73. The molecule has 0 spiro atoms. The van der Waals surface area contributed by atoms with Gasteiger partial charge in [0.25, 0.3) is 0 Å². The number of fused-ring (bicyclic) bond motifs is 1. The summed E-state index contributed by atoms with van der Waals surface area (Å²) < 4.78 is 65.3. The van der Waals surface area contributed by atoms with Crippen molar-refractivity contribution in [3.05, 3.63) is 65.4 Å². The summed E-state index contributed by atoms with van der Waals surface area (Å²) in [5, 5.41) is 5.56. The van der Waals surface area contributed by atoms with Crippen LogP contribution in [0.15, 0.2) is 53.6 Å². The van der Waals surface area contributed by atoms with Gasteiger partial charge in [0.1, 0.15) is 11.4 Å². The van der Waals surface area contributed by atoms with E-state index >= 15 is 0 Å². The zero-order chi connectivity index (χ0) is 24.7. The number of hydrogen-bond acceptors (Lipinski definition) is 7.